The molecule has 1 aromatic carbocycles. The third kappa shape index (κ3) is 9.42. The van der Waals surface area contributed by atoms with E-state index < -0.39 is 26.5 Å². The summed E-state index contributed by atoms with van der Waals surface area (Å²) in [5.74, 6) is -0.173. The first-order valence-electron chi connectivity index (χ1n) is 10.9. The zero-order valence-electron chi connectivity index (χ0n) is 19.9. The Morgan fingerprint density at radius 1 is 1.03 bits per heavy atom. The Labute approximate surface area is 196 Å². The first-order chi connectivity index (χ1) is 15.8. The predicted octanol–water partition coefficient (Wildman–Crippen LogP) is 3.26. The minimum absolute atomic E-state index is 0.00144. The van der Waals surface area contributed by atoms with Gasteiger partial charge in [-0.05, 0) is 51.0 Å². The summed E-state index contributed by atoms with van der Waals surface area (Å²) < 4.78 is 33.8. The molecule has 0 fully saturated rings. The van der Waals surface area contributed by atoms with Crippen molar-refractivity contribution in [3.05, 3.63) is 29.8 Å². The molecule has 11 heteroatoms. The van der Waals surface area contributed by atoms with Crippen LogP contribution in [0.15, 0.2) is 24.3 Å². The first-order valence-corrected chi connectivity index (χ1v) is 12.7. The van der Waals surface area contributed by atoms with Crippen molar-refractivity contribution in [1.29, 1.82) is 0 Å². The van der Waals surface area contributed by atoms with Crippen LogP contribution in [0.4, 0.5) is 4.79 Å². The topological polar surface area (TPSA) is 122 Å². The summed E-state index contributed by atoms with van der Waals surface area (Å²) in [6.07, 6.45) is 2.41. The van der Waals surface area contributed by atoms with E-state index in [0.29, 0.717) is 43.3 Å². The van der Waals surface area contributed by atoms with E-state index in [1.54, 1.807) is 18.2 Å². The Bertz CT molecular complexity index is 755. The van der Waals surface area contributed by atoms with E-state index >= 15 is 0 Å². The fourth-order valence-corrected chi connectivity index (χ4v) is 5.87. The average molecular weight is 486 g/mol. The summed E-state index contributed by atoms with van der Waals surface area (Å²) >= 11 is 0. The number of hydrogen-bond donors (Lipinski definition) is 2. The number of nitrogens with one attached hydrogen (secondary N) is 1. The number of alkyl carbamates (subject to hydrolysis) is 1. The van der Waals surface area contributed by atoms with Crippen LogP contribution < -0.4 is 14.8 Å². The van der Waals surface area contributed by atoms with Crippen LogP contribution in [0.1, 0.15) is 39.7 Å². The molecule has 33 heavy (non-hydrogen) atoms. The highest BCUT2D eigenvalue weighted by Gasteiger charge is 2.49. The largest absolute Gasteiger partial charge is 0.524 e. The van der Waals surface area contributed by atoms with Crippen molar-refractivity contribution in [2.45, 2.75) is 39.8 Å². The standard InChI is InChI=1S/C22H35NO9Si/c1-6-20(33(30-7-2,31-8-3)32-9-4)23-22(26)29-15-14-28-18-12-10-17(11-13-21(24)25)16-19(18)27-5/h10-13,16,20H,6-9,14-15H2,1-5H3,(H,23,26)(H,24,25)/b13-11+. The molecule has 1 unspecified atom stereocenters. The second-order valence-corrected chi connectivity index (χ2v) is 9.34. The lowest BCUT2D eigenvalue weighted by Gasteiger charge is -2.34. The molecule has 10 nitrogen and oxygen atoms in total. The third-order valence-electron chi connectivity index (χ3n) is 4.34. The van der Waals surface area contributed by atoms with Gasteiger partial charge in [0.25, 0.3) is 0 Å². The summed E-state index contributed by atoms with van der Waals surface area (Å²) in [4.78, 5) is 23.0. The van der Waals surface area contributed by atoms with E-state index in [-0.39, 0.29) is 13.2 Å². The van der Waals surface area contributed by atoms with Crippen molar-refractivity contribution in [2.24, 2.45) is 0 Å². The number of benzene rings is 1. The maximum Gasteiger partial charge on any atom is 0.524 e. The number of rotatable bonds is 16. The van der Waals surface area contributed by atoms with Crippen molar-refractivity contribution in [1.82, 2.24) is 5.32 Å². The molecule has 1 atom stereocenters. The van der Waals surface area contributed by atoms with Crippen LogP contribution in [0.3, 0.4) is 0 Å². The molecule has 0 heterocycles. The lowest BCUT2D eigenvalue weighted by atomic mass is 10.2. The van der Waals surface area contributed by atoms with E-state index in [1.807, 2.05) is 27.7 Å². The Morgan fingerprint density at radius 3 is 2.18 bits per heavy atom. The van der Waals surface area contributed by atoms with E-state index in [4.69, 9.17) is 32.6 Å². The van der Waals surface area contributed by atoms with Crippen molar-refractivity contribution in [3.8, 4) is 11.5 Å². The fraction of sp³-hybridized carbons (Fsp3) is 0.545. The molecule has 0 radical (unpaired) electrons. The third-order valence-corrected chi connectivity index (χ3v) is 7.82. The van der Waals surface area contributed by atoms with Gasteiger partial charge in [0.05, 0.1) is 7.11 Å². The van der Waals surface area contributed by atoms with Gasteiger partial charge in [-0.3, -0.25) is 0 Å². The molecular formula is C22H35NO9Si. The molecular weight excluding hydrogens is 450 g/mol. The zero-order chi connectivity index (χ0) is 24.7. The van der Waals surface area contributed by atoms with Crippen LogP contribution in [0.5, 0.6) is 11.5 Å². The zero-order valence-corrected chi connectivity index (χ0v) is 20.9. The predicted molar refractivity (Wildman–Crippen MR) is 124 cm³/mol. The summed E-state index contributed by atoms with van der Waals surface area (Å²) in [6.45, 7) is 8.77. The number of methoxy groups -OCH3 is 1. The smallest absolute Gasteiger partial charge is 0.493 e. The minimum atomic E-state index is -3.12. The first kappa shape index (κ1) is 28.4. The highest BCUT2D eigenvalue weighted by Crippen LogP contribution is 2.28. The van der Waals surface area contributed by atoms with E-state index in [0.717, 1.165) is 6.08 Å². The van der Waals surface area contributed by atoms with Crippen LogP contribution in [-0.2, 0) is 22.8 Å². The molecule has 0 saturated heterocycles. The number of aliphatic carboxylic acids is 1. The van der Waals surface area contributed by atoms with E-state index in [9.17, 15) is 9.59 Å². The van der Waals surface area contributed by atoms with Gasteiger partial charge < -0.3 is 37.9 Å². The van der Waals surface area contributed by atoms with Gasteiger partial charge >= 0.3 is 20.9 Å². The van der Waals surface area contributed by atoms with Gasteiger partial charge in [0, 0.05) is 25.9 Å². The molecule has 1 aromatic rings. The molecule has 0 aliphatic rings. The number of ether oxygens (including phenoxy) is 3. The van der Waals surface area contributed by atoms with Gasteiger partial charge in [-0.15, -0.1) is 0 Å². The number of amides is 1. The van der Waals surface area contributed by atoms with Gasteiger partial charge in [0.15, 0.2) is 11.5 Å². The van der Waals surface area contributed by atoms with Crippen LogP contribution in [0.25, 0.3) is 6.08 Å². The quantitative estimate of drug-likeness (QED) is 0.206. The molecule has 0 aliphatic heterocycles. The van der Waals surface area contributed by atoms with Gasteiger partial charge in [0.2, 0.25) is 0 Å². The maximum absolute atomic E-state index is 12.4. The fourth-order valence-electron chi connectivity index (χ4n) is 3.02. The van der Waals surface area contributed by atoms with Crippen molar-refractivity contribution >= 4 is 26.9 Å². The molecule has 1 rings (SSSR count). The van der Waals surface area contributed by atoms with Crippen molar-refractivity contribution in [2.75, 3.05) is 40.1 Å². The Hall–Kier alpha value is -2.60. The number of carbonyl (C=O) groups is 2. The molecule has 1 amide bonds. The summed E-state index contributed by atoms with van der Waals surface area (Å²) in [5, 5.41) is 11.5. The molecule has 0 aliphatic carbocycles. The molecule has 2 N–H and O–H groups in total. The number of carboxylic acid groups (broad SMARTS) is 1. The lowest BCUT2D eigenvalue weighted by Crippen LogP contribution is -2.63. The van der Waals surface area contributed by atoms with E-state index in [2.05, 4.69) is 5.32 Å². The Balaban J connectivity index is 2.65. The van der Waals surface area contributed by atoms with Gasteiger partial charge in [-0.2, -0.15) is 0 Å². The van der Waals surface area contributed by atoms with Gasteiger partial charge in [0.1, 0.15) is 18.9 Å². The molecule has 0 saturated carbocycles. The van der Waals surface area contributed by atoms with Crippen molar-refractivity contribution < 1.29 is 42.2 Å². The molecule has 0 bridgehead atoms. The minimum Gasteiger partial charge on any atom is -0.493 e. The molecule has 0 spiro atoms. The SMILES string of the molecule is CCO[Si](OCC)(OCC)C(CC)NC(=O)OCCOc1ccc(/C=C/C(=O)O)cc1OC. The van der Waals surface area contributed by atoms with Crippen LogP contribution >= 0.6 is 0 Å². The normalized spacial score (nSPS) is 12.4. The second kappa shape index (κ2) is 15.3. The van der Waals surface area contributed by atoms with Gasteiger partial charge in [-0.25, -0.2) is 9.59 Å². The monoisotopic (exact) mass is 485 g/mol. The van der Waals surface area contributed by atoms with Crippen LogP contribution in [-0.4, -0.2) is 71.8 Å². The Kier molecular flexibility index (Phi) is 13.2. The van der Waals surface area contributed by atoms with Crippen molar-refractivity contribution in [3.63, 3.8) is 0 Å². The summed E-state index contributed by atoms with van der Waals surface area (Å²) in [7, 11) is -1.64. The molecule has 186 valence electrons. The van der Waals surface area contributed by atoms with E-state index in [1.165, 1.54) is 13.2 Å². The Morgan fingerprint density at radius 2 is 1.67 bits per heavy atom. The number of carbonyl (C=O) groups excluding carboxylic acids is 1. The number of hydrogen-bond acceptors (Lipinski definition) is 8. The number of carboxylic acids is 1. The maximum atomic E-state index is 12.4. The highest BCUT2D eigenvalue weighted by molar-refractivity contribution is 6.62. The summed E-state index contributed by atoms with van der Waals surface area (Å²) in [5.41, 5.74) is 0.200. The average Bonchev–Trinajstić information content (AvgIpc) is 2.79. The van der Waals surface area contributed by atoms with Crippen LogP contribution in [0.2, 0.25) is 0 Å². The van der Waals surface area contributed by atoms with Gasteiger partial charge in [-0.1, -0.05) is 13.0 Å². The van der Waals surface area contributed by atoms with Crippen LogP contribution in [0, 0.1) is 0 Å². The summed E-state index contributed by atoms with van der Waals surface area (Å²) in [6, 6.07) is 4.99. The lowest BCUT2D eigenvalue weighted by molar-refractivity contribution is -0.131. The molecule has 0 aromatic heterocycles. The highest BCUT2D eigenvalue weighted by atomic mass is 28.4. The second-order valence-electron chi connectivity index (χ2n) is 6.57.